The number of oxime groups is 1. The minimum atomic E-state index is -0.421. The largest absolute Gasteiger partial charge is 0.411 e. The van der Waals surface area contributed by atoms with Crippen LogP contribution in [0.3, 0.4) is 0 Å². The Morgan fingerprint density at radius 1 is 0.885 bits per heavy atom. The van der Waals surface area contributed by atoms with E-state index in [9.17, 15) is 4.79 Å². The molecule has 0 spiro atoms. The van der Waals surface area contributed by atoms with Gasteiger partial charge >= 0.3 is 0 Å². The fraction of sp³-hybridized carbons (Fsp3) is 0.100. The van der Waals surface area contributed by atoms with Crippen LogP contribution in [0.25, 0.3) is 0 Å². The Balaban J connectivity index is 1.63. The molecule has 26 heavy (non-hydrogen) atoms. The zero-order chi connectivity index (χ0) is 18.4. The second kappa shape index (κ2) is 8.02. The number of rotatable bonds is 6. The van der Waals surface area contributed by atoms with Crippen molar-refractivity contribution in [1.82, 2.24) is 0 Å². The van der Waals surface area contributed by atoms with Gasteiger partial charge in [0.15, 0.2) is 37.9 Å². The van der Waals surface area contributed by atoms with Crippen molar-refractivity contribution >= 4 is 12.1 Å². The molecule has 0 bridgehead atoms. The zero-order valence-electron chi connectivity index (χ0n) is 14.2. The van der Waals surface area contributed by atoms with Gasteiger partial charge < -0.3 is 10.9 Å². The molecule has 3 aromatic rings. The molecule has 3 N–H and O–H groups in total. The maximum atomic E-state index is 11.1. The first kappa shape index (κ1) is 17.3. The highest BCUT2D eigenvalue weighted by Crippen LogP contribution is 2.05. The summed E-state index contributed by atoms with van der Waals surface area (Å²) >= 11 is 0. The minimum absolute atomic E-state index is 0.421. The quantitative estimate of drug-likeness (QED) is 0.304. The van der Waals surface area contributed by atoms with E-state index in [0.717, 1.165) is 18.7 Å². The van der Waals surface area contributed by atoms with E-state index < -0.39 is 5.91 Å². The number of hydrogen-bond donors (Lipinski definition) is 2. The highest BCUT2D eigenvalue weighted by Gasteiger charge is 2.07. The molecular formula is C20H20N4O2+2. The van der Waals surface area contributed by atoms with Crippen molar-refractivity contribution in [2.75, 3.05) is 0 Å². The lowest BCUT2D eigenvalue weighted by atomic mass is 10.1. The number of nitrogens with two attached hydrogens (primary N) is 1. The van der Waals surface area contributed by atoms with Gasteiger partial charge in [0.25, 0.3) is 0 Å². The monoisotopic (exact) mass is 348 g/mol. The summed E-state index contributed by atoms with van der Waals surface area (Å²) in [5.74, 6) is -0.421. The molecule has 0 atom stereocenters. The summed E-state index contributed by atoms with van der Waals surface area (Å²) in [6.07, 6.45) is 8.98. The molecule has 6 nitrogen and oxygen atoms in total. The van der Waals surface area contributed by atoms with Crippen LogP contribution in [-0.2, 0) is 13.1 Å². The molecular weight excluding hydrogens is 328 g/mol. The smallest absolute Gasteiger partial charge is 0.249 e. The Hall–Kier alpha value is -3.54. The summed E-state index contributed by atoms with van der Waals surface area (Å²) in [7, 11) is 0. The van der Waals surface area contributed by atoms with Crippen LogP contribution in [0.4, 0.5) is 0 Å². The number of benzene rings is 1. The molecule has 1 amide bonds. The van der Waals surface area contributed by atoms with E-state index in [1.165, 1.54) is 17.3 Å². The Morgan fingerprint density at radius 3 is 1.77 bits per heavy atom. The SMILES string of the molecule is NC(=O)c1cc[n+](Cc2ccc(C[n+]3ccc(/C=N/O)cc3)cc2)cc1. The van der Waals surface area contributed by atoms with Gasteiger partial charge in [-0.15, -0.1) is 0 Å². The lowest BCUT2D eigenvalue weighted by molar-refractivity contribution is -0.689. The summed E-state index contributed by atoms with van der Waals surface area (Å²) in [4.78, 5) is 11.1. The van der Waals surface area contributed by atoms with Crippen LogP contribution in [-0.4, -0.2) is 17.3 Å². The molecule has 3 rings (SSSR count). The maximum absolute atomic E-state index is 11.1. The van der Waals surface area contributed by atoms with Crippen molar-refractivity contribution in [3.63, 3.8) is 0 Å². The topological polar surface area (TPSA) is 83.4 Å². The summed E-state index contributed by atoms with van der Waals surface area (Å²) in [6, 6.07) is 15.6. The minimum Gasteiger partial charge on any atom is -0.411 e. The third-order valence-electron chi connectivity index (χ3n) is 4.05. The second-order valence-corrected chi connectivity index (χ2v) is 5.99. The van der Waals surface area contributed by atoms with Gasteiger partial charge in [0.1, 0.15) is 0 Å². The van der Waals surface area contributed by atoms with Crippen molar-refractivity contribution in [2.24, 2.45) is 10.9 Å². The number of nitrogens with zero attached hydrogens (tertiary/aromatic N) is 3. The summed E-state index contributed by atoms with van der Waals surface area (Å²) in [5, 5.41) is 11.6. The molecule has 0 saturated heterocycles. The lowest BCUT2D eigenvalue weighted by Crippen LogP contribution is -2.34. The van der Waals surface area contributed by atoms with Gasteiger partial charge in [0.05, 0.1) is 11.8 Å². The van der Waals surface area contributed by atoms with Crippen LogP contribution in [0.5, 0.6) is 0 Å². The van der Waals surface area contributed by atoms with Crippen LogP contribution >= 0.6 is 0 Å². The average molecular weight is 348 g/mol. The Bertz CT molecular complexity index is 902. The van der Waals surface area contributed by atoms with Gasteiger partial charge in [-0.25, -0.2) is 9.13 Å². The van der Waals surface area contributed by atoms with E-state index in [1.54, 1.807) is 12.1 Å². The third kappa shape index (κ3) is 4.51. The number of amides is 1. The first-order valence-corrected chi connectivity index (χ1v) is 8.17. The number of carbonyl (C=O) groups excluding carboxylic acids is 1. The summed E-state index contributed by atoms with van der Waals surface area (Å²) < 4.78 is 4.05. The number of pyridine rings is 2. The van der Waals surface area contributed by atoms with Crippen LogP contribution in [0.15, 0.2) is 78.5 Å². The molecule has 6 heteroatoms. The molecule has 0 fully saturated rings. The normalized spacial score (nSPS) is 10.9. The van der Waals surface area contributed by atoms with E-state index in [-0.39, 0.29) is 0 Å². The predicted molar refractivity (Wildman–Crippen MR) is 95.8 cm³/mol. The molecule has 2 heterocycles. The van der Waals surface area contributed by atoms with E-state index in [0.29, 0.717) is 5.56 Å². The van der Waals surface area contributed by atoms with Crippen LogP contribution < -0.4 is 14.9 Å². The van der Waals surface area contributed by atoms with Gasteiger partial charge in [0, 0.05) is 41.0 Å². The standard InChI is InChI=1S/C20H18N4O2/c21-20(25)19-7-11-24(12-8-19)15-18-3-1-17(2-4-18)14-23-9-5-16(6-10-23)13-22-26/h1-13H,14-15H2,(H-,21,25)/p+2. The number of carbonyl (C=O) groups is 1. The first-order valence-electron chi connectivity index (χ1n) is 8.17. The third-order valence-corrected chi connectivity index (χ3v) is 4.05. The number of primary amides is 1. The van der Waals surface area contributed by atoms with Crippen LogP contribution in [0.2, 0.25) is 0 Å². The van der Waals surface area contributed by atoms with E-state index in [1.807, 2.05) is 41.5 Å². The number of aromatic nitrogens is 2. The van der Waals surface area contributed by atoms with Gasteiger partial charge in [-0.3, -0.25) is 4.79 Å². The fourth-order valence-electron chi connectivity index (χ4n) is 2.63. The van der Waals surface area contributed by atoms with Crippen molar-refractivity contribution in [1.29, 1.82) is 0 Å². The lowest BCUT2D eigenvalue weighted by Gasteiger charge is -2.01. The van der Waals surface area contributed by atoms with Crippen LogP contribution in [0.1, 0.15) is 27.0 Å². The first-order chi connectivity index (χ1) is 12.6. The zero-order valence-corrected chi connectivity index (χ0v) is 14.2. The Labute approximate surface area is 151 Å². The predicted octanol–water partition coefficient (Wildman–Crippen LogP) is 1.27. The Kier molecular flexibility index (Phi) is 5.34. The van der Waals surface area contributed by atoms with Crippen molar-refractivity contribution in [2.45, 2.75) is 13.1 Å². The fourth-order valence-corrected chi connectivity index (χ4v) is 2.63. The van der Waals surface area contributed by atoms with E-state index in [4.69, 9.17) is 10.9 Å². The second-order valence-electron chi connectivity index (χ2n) is 5.99. The molecule has 0 aliphatic heterocycles. The highest BCUT2D eigenvalue weighted by molar-refractivity contribution is 5.92. The van der Waals surface area contributed by atoms with E-state index >= 15 is 0 Å². The summed E-state index contributed by atoms with van der Waals surface area (Å²) in [6.45, 7) is 1.49. The molecule has 0 unspecified atom stereocenters. The van der Waals surface area contributed by atoms with E-state index in [2.05, 4.69) is 34.0 Å². The molecule has 0 aliphatic carbocycles. The molecule has 0 radical (unpaired) electrons. The van der Waals surface area contributed by atoms with Gasteiger partial charge in [-0.2, -0.15) is 0 Å². The van der Waals surface area contributed by atoms with Crippen molar-refractivity contribution in [3.05, 3.63) is 95.6 Å². The van der Waals surface area contributed by atoms with Crippen LogP contribution in [0, 0.1) is 0 Å². The van der Waals surface area contributed by atoms with Gasteiger partial charge in [-0.1, -0.05) is 29.4 Å². The van der Waals surface area contributed by atoms with Crippen molar-refractivity contribution < 1.29 is 19.1 Å². The van der Waals surface area contributed by atoms with Crippen molar-refractivity contribution in [3.8, 4) is 0 Å². The molecule has 130 valence electrons. The molecule has 0 aliphatic rings. The average Bonchev–Trinajstić information content (AvgIpc) is 2.66. The molecule has 1 aromatic carbocycles. The maximum Gasteiger partial charge on any atom is 0.249 e. The van der Waals surface area contributed by atoms with Gasteiger partial charge in [0.2, 0.25) is 5.91 Å². The summed E-state index contributed by atoms with van der Waals surface area (Å²) in [5.41, 5.74) is 8.96. The Morgan fingerprint density at radius 2 is 1.35 bits per heavy atom. The highest BCUT2D eigenvalue weighted by atomic mass is 16.4. The molecule has 2 aromatic heterocycles. The van der Waals surface area contributed by atoms with Gasteiger partial charge in [-0.05, 0) is 0 Å². The molecule has 0 saturated carbocycles. The number of hydrogen-bond acceptors (Lipinski definition) is 3.